The maximum Gasteiger partial charge on any atom is 0.247 e. The molecule has 0 fully saturated rings. The molecule has 2 aromatic carbocycles. The Morgan fingerprint density at radius 1 is 0.909 bits per heavy atom. The number of benzene rings is 2. The molecule has 0 aliphatic carbocycles. The van der Waals surface area contributed by atoms with Crippen LogP contribution in [0.4, 0.5) is 0 Å². The molecular formula is C29H37N3O. The van der Waals surface area contributed by atoms with Crippen LogP contribution < -0.4 is 0 Å². The van der Waals surface area contributed by atoms with Crippen molar-refractivity contribution in [1.82, 2.24) is 9.88 Å². The van der Waals surface area contributed by atoms with Crippen LogP contribution in [0.15, 0.2) is 90.2 Å². The molecule has 1 atom stereocenters. The Labute approximate surface area is 199 Å². The largest absolute Gasteiger partial charge is 0.341 e. The van der Waals surface area contributed by atoms with Gasteiger partial charge < -0.3 is 4.90 Å². The van der Waals surface area contributed by atoms with Crippen molar-refractivity contribution in [2.24, 2.45) is 4.99 Å². The molecule has 4 nitrogen and oxygen atoms in total. The zero-order valence-corrected chi connectivity index (χ0v) is 20.2. The lowest BCUT2D eigenvalue weighted by Crippen LogP contribution is -2.40. The lowest BCUT2D eigenvalue weighted by Gasteiger charge is -2.24. The van der Waals surface area contributed by atoms with Crippen LogP contribution in [0.3, 0.4) is 0 Å². The summed E-state index contributed by atoms with van der Waals surface area (Å²) in [5.41, 5.74) is 3.76. The summed E-state index contributed by atoms with van der Waals surface area (Å²) in [6.07, 6.45) is 5.99. The highest BCUT2D eigenvalue weighted by molar-refractivity contribution is 5.83. The standard InChI is InChI=1S/C15H23N3O.C14H14/c1-4-9-18(10-5-2)15(19)14(16-3)11-13-7-6-8-17-12-13;1-12(13-8-4-2-5-9-13)14-10-6-3-7-11-14/h6-8,12,14H,3-5,9-11H2,1-2H3;2-12H,1H3/t14-;/m0./s1. The zero-order chi connectivity index (χ0) is 23.9. The van der Waals surface area contributed by atoms with Gasteiger partial charge in [0.2, 0.25) is 5.91 Å². The Morgan fingerprint density at radius 3 is 1.88 bits per heavy atom. The molecule has 0 N–H and O–H groups in total. The van der Waals surface area contributed by atoms with E-state index in [-0.39, 0.29) is 5.91 Å². The monoisotopic (exact) mass is 443 g/mol. The average molecular weight is 444 g/mol. The second-order valence-corrected chi connectivity index (χ2v) is 8.13. The van der Waals surface area contributed by atoms with Gasteiger partial charge in [-0.3, -0.25) is 14.8 Å². The maximum atomic E-state index is 12.4. The van der Waals surface area contributed by atoms with E-state index in [0.29, 0.717) is 12.3 Å². The van der Waals surface area contributed by atoms with Crippen molar-refractivity contribution in [1.29, 1.82) is 0 Å². The summed E-state index contributed by atoms with van der Waals surface area (Å²) in [5.74, 6) is 0.556. The zero-order valence-electron chi connectivity index (χ0n) is 20.2. The van der Waals surface area contributed by atoms with Crippen molar-refractivity contribution in [3.63, 3.8) is 0 Å². The van der Waals surface area contributed by atoms with Crippen LogP contribution in [0.1, 0.15) is 56.2 Å². The first-order valence-electron chi connectivity index (χ1n) is 11.8. The SMILES string of the molecule is C=N[C@@H](Cc1cccnc1)C(=O)N(CCC)CCC.CC(c1ccccc1)c1ccccc1. The minimum absolute atomic E-state index is 0.0718. The van der Waals surface area contributed by atoms with Crippen LogP contribution in [0.25, 0.3) is 0 Å². The lowest BCUT2D eigenvalue weighted by molar-refractivity contribution is -0.132. The molecule has 4 heteroatoms. The van der Waals surface area contributed by atoms with Crippen molar-refractivity contribution >= 4 is 12.6 Å². The molecule has 3 rings (SSSR count). The molecule has 174 valence electrons. The fraction of sp³-hybridized carbons (Fsp3) is 0.345. The third-order valence-corrected chi connectivity index (χ3v) is 5.56. The van der Waals surface area contributed by atoms with E-state index in [1.165, 1.54) is 11.1 Å². The topological polar surface area (TPSA) is 45.6 Å². The van der Waals surface area contributed by atoms with Gasteiger partial charge in [0.15, 0.2) is 0 Å². The third-order valence-electron chi connectivity index (χ3n) is 5.56. The van der Waals surface area contributed by atoms with Gasteiger partial charge in [0, 0.05) is 37.8 Å². The predicted octanol–water partition coefficient (Wildman–Crippen LogP) is 6.18. The Hall–Kier alpha value is -3.27. The third kappa shape index (κ3) is 8.64. The molecular weight excluding hydrogens is 406 g/mol. The van der Waals surface area contributed by atoms with E-state index >= 15 is 0 Å². The van der Waals surface area contributed by atoms with Crippen molar-refractivity contribution < 1.29 is 4.79 Å². The summed E-state index contributed by atoms with van der Waals surface area (Å²) >= 11 is 0. The highest BCUT2D eigenvalue weighted by atomic mass is 16.2. The molecule has 0 unspecified atom stereocenters. The number of carbonyl (C=O) groups excluding carboxylic acids is 1. The summed E-state index contributed by atoms with van der Waals surface area (Å²) < 4.78 is 0. The maximum absolute atomic E-state index is 12.4. The van der Waals surface area contributed by atoms with Gasteiger partial charge in [-0.25, -0.2) is 0 Å². The highest BCUT2D eigenvalue weighted by Gasteiger charge is 2.22. The van der Waals surface area contributed by atoms with Gasteiger partial charge in [-0.1, -0.05) is 87.5 Å². The number of rotatable bonds is 10. The van der Waals surface area contributed by atoms with Crippen molar-refractivity contribution in [3.05, 3.63) is 102 Å². The molecule has 0 spiro atoms. The Kier molecular flexibility index (Phi) is 11.6. The van der Waals surface area contributed by atoms with E-state index in [0.717, 1.165) is 31.5 Å². The molecule has 0 aliphatic rings. The summed E-state index contributed by atoms with van der Waals surface area (Å²) in [7, 11) is 0. The number of aromatic nitrogens is 1. The van der Waals surface area contributed by atoms with Crippen LogP contribution in [-0.4, -0.2) is 41.6 Å². The normalized spacial score (nSPS) is 11.3. The van der Waals surface area contributed by atoms with Gasteiger partial charge in [0.05, 0.1) is 0 Å². The second kappa shape index (κ2) is 14.7. The minimum atomic E-state index is -0.401. The summed E-state index contributed by atoms with van der Waals surface area (Å²) in [6.45, 7) is 11.5. The van der Waals surface area contributed by atoms with Gasteiger partial charge in [0.25, 0.3) is 0 Å². The van der Waals surface area contributed by atoms with E-state index in [2.05, 4.69) is 98.1 Å². The Bertz CT molecular complexity index is 883. The van der Waals surface area contributed by atoms with Crippen molar-refractivity contribution in [2.75, 3.05) is 13.1 Å². The fourth-order valence-corrected chi connectivity index (χ4v) is 3.73. The van der Waals surface area contributed by atoms with Crippen LogP contribution in [-0.2, 0) is 11.2 Å². The Morgan fingerprint density at radius 2 is 1.45 bits per heavy atom. The molecule has 0 radical (unpaired) electrons. The molecule has 0 saturated heterocycles. The fourth-order valence-electron chi connectivity index (χ4n) is 3.73. The first-order valence-corrected chi connectivity index (χ1v) is 11.8. The van der Waals surface area contributed by atoms with Crippen LogP contribution in [0.5, 0.6) is 0 Å². The van der Waals surface area contributed by atoms with Crippen molar-refractivity contribution in [3.8, 4) is 0 Å². The molecule has 1 aromatic heterocycles. The smallest absolute Gasteiger partial charge is 0.247 e. The number of nitrogens with zero attached hydrogens (tertiary/aromatic N) is 3. The van der Waals surface area contributed by atoms with Crippen LogP contribution >= 0.6 is 0 Å². The van der Waals surface area contributed by atoms with E-state index in [4.69, 9.17) is 0 Å². The van der Waals surface area contributed by atoms with Gasteiger partial charge in [-0.05, 0) is 42.3 Å². The van der Waals surface area contributed by atoms with E-state index in [1.807, 2.05) is 17.0 Å². The molecule has 0 aliphatic heterocycles. The number of hydrogen-bond donors (Lipinski definition) is 0. The van der Waals surface area contributed by atoms with Gasteiger partial charge >= 0.3 is 0 Å². The molecule has 1 amide bonds. The van der Waals surface area contributed by atoms with Gasteiger partial charge in [0.1, 0.15) is 6.04 Å². The van der Waals surface area contributed by atoms with Crippen LogP contribution in [0, 0.1) is 0 Å². The van der Waals surface area contributed by atoms with Crippen LogP contribution in [0.2, 0.25) is 0 Å². The highest BCUT2D eigenvalue weighted by Crippen LogP contribution is 2.22. The number of amides is 1. The molecule has 33 heavy (non-hydrogen) atoms. The number of pyridine rings is 1. The lowest BCUT2D eigenvalue weighted by atomic mass is 9.93. The number of carbonyl (C=O) groups is 1. The Balaban J connectivity index is 0.000000243. The number of hydrogen-bond acceptors (Lipinski definition) is 3. The van der Waals surface area contributed by atoms with E-state index in [1.54, 1.807) is 12.4 Å². The minimum Gasteiger partial charge on any atom is -0.341 e. The molecule has 0 bridgehead atoms. The second-order valence-electron chi connectivity index (χ2n) is 8.13. The van der Waals surface area contributed by atoms with Gasteiger partial charge in [-0.15, -0.1) is 0 Å². The van der Waals surface area contributed by atoms with Gasteiger partial charge in [-0.2, -0.15) is 0 Å². The van der Waals surface area contributed by atoms with E-state index < -0.39 is 6.04 Å². The predicted molar refractivity (Wildman–Crippen MR) is 139 cm³/mol. The molecule has 3 aromatic rings. The van der Waals surface area contributed by atoms with E-state index in [9.17, 15) is 4.79 Å². The first kappa shape index (κ1) is 26.0. The first-order chi connectivity index (χ1) is 16.1. The summed E-state index contributed by atoms with van der Waals surface area (Å²) in [4.78, 5) is 22.4. The molecule has 1 heterocycles. The average Bonchev–Trinajstić information content (AvgIpc) is 2.88. The van der Waals surface area contributed by atoms with Crippen molar-refractivity contribution in [2.45, 2.75) is 52.0 Å². The summed E-state index contributed by atoms with van der Waals surface area (Å²) in [5, 5.41) is 0. The summed E-state index contributed by atoms with van der Waals surface area (Å²) in [6, 6.07) is 24.6. The quantitative estimate of drug-likeness (QED) is 0.351. The number of aliphatic imine (C=N–C) groups is 1. The molecule has 0 saturated carbocycles.